The van der Waals surface area contributed by atoms with E-state index in [4.69, 9.17) is 4.84 Å². The Morgan fingerprint density at radius 2 is 2.05 bits per heavy atom. The van der Waals surface area contributed by atoms with Crippen LogP contribution in [0.25, 0.3) is 0 Å². The SMILES string of the molecule is CCc1c(C)[nH]c2c1C(=NOC(=O)c1ccccc1)CCC2. The summed E-state index contributed by atoms with van der Waals surface area (Å²) < 4.78 is 0. The summed E-state index contributed by atoms with van der Waals surface area (Å²) in [6, 6.07) is 8.95. The van der Waals surface area contributed by atoms with Gasteiger partial charge in [0, 0.05) is 17.0 Å². The van der Waals surface area contributed by atoms with Crippen molar-refractivity contribution in [1.29, 1.82) is 0 Å². The molecule has 4 heteroatoms. The number of fused-ring (bicyclic) bond motifs is 1. The Hall–Kier alpha value is -2.36. The van der Waals surface area contributed by atoms with Crippen molar-refractivity contribution in [3.63, 3.8) is 0 Å². The Morgan fingerprint density at radius 1 is 1.27 bits per heavy atom. The van der Waals surface area contributed by atoms with Gasteiger partial charge in [0.15, 0.2) is 0 Å². The molecule has 22 heavy (non-hydrogen) atoms. The van der Waals surface area contributed by atoms with Crippen LogP contribution in [0.2, 0.25) is 0 Å². The molecule has 1 aromatic heterocycles. The third-order valence-corrected chi connectivity index (χ3v) is 4.13. The molecule has 0 unspecified atom stereocenters. The van der Waals surface area contributed by atoms with Gasteiger partial charge in [0.25, 0.3) is 0 Å². The normalized spacial score (nSPS) is 15.6. The van der Waals surface area contributed by atoms with Crippen molar-refractivity contribution < 1.29 is 9.63 Å². The van der Waals surface area contributed by atoms with Gasteiger partial charge in [-0.25, -0.2) is 4.79 Å². The number of benzene rings is 1. The first kappa shape index (κ1) is 14.6. The lowest BCUT2D eigenvalue weighted by molar-refractivity contribution is 0.0515. The number of nitrogens with one attached hydrogen (secondary N) is 1. The minimum atomic E-state index is -0.412. The molecule has 2 aromatic rings. The van der Waals surface area contributed by atoms with E-state index in [1.807, 2.05) is 18.2 Å². The van der Waals surface area contributed by atoms with Crippen LogP contribution in [0.4, 0.5) is 0 Å². The highest BCUT2D eigenvalue weighted by atomic mass is 16.7. The zero-order valence-electron chi connectivity index (χ0n) is 13.0. The molecule has 0 radical (unpaired) electrons. The van der Waals surface area contributed by atoms with Crippen LogP contribution in [0.3, 0.4) is 0 Å². The molecule has 1 N–H and O–H groups in total. The van der Waals surface area contributed by atoms with Gasteiger partial charge in [-0.05, 0) is 50.3 Å². The highest BCUT2D eigenvalue weighted by Gasteiger charge is 2.23. The van der Waals surface area contributed by atoms with Crippen molar-refractivity contribution in [1.82, 2.24) is 4.98 Å². The van der Waals surface area contributed by atoms with Gasteiger partial charge in [-0.2, -0.15) is 0 Å². The number of hydrogen-bond donors (Lipinski definition) is 1. The van der Waals surface area contributed by atoms with Crippen LogP contribution in [-0.4, -0.2) is 16.7 Å². The maximum atomic E-state index is 12.0. The van der Waals surface area contributed by atoms with Crippen molar-refractivity contribution in [2.24, 2.45) is 5.16 Å². The summed E-state index contributed by atoms with van der Waals surface area (Å²) >= 11 is 0. The molecular formula is C18H20N2O2. The number of oxime groups is 1. The molecule has 0 amide bonds. The Morgan fingerprint density at radius 3 is 2.77 bits per heavy atom. The lowest BCUT2D eigenvalue weighted by Gasteiger charge is -2.14. The van der Waals surface area contributed by atoms with Crippen LogP contribution in [-0.2, 0) is 17.7 Å². The van der Waals surface area contributed by atoms with Crippen LogP contribution >= 0.6 is 0 Å². The molecule has 4 nitrogen and oxygen atoms in total. The third kappa shape index (κ3) is 2.69. The van der Waals surface area contributed by atoms with Crippen LogP contribution in [0.1, 0.15) is 52.6 Å². The maximum absolute atomic E-state index is 12.0. The Labute approximate surface area is 130 Å². The fourth-order valence-corrected chi connectivity index (χ4v) is 3.08. The second-order valence-corrected chi connectivity index (χ2v) is 5.57. The van der Waals surface area contributed by atoms with Gasteiger partial charge in [-0.1, -0.05) is 30.3 Å². The van der Waals surface area contributed by atoms with Crippen LogP contribution in [0.15, 0.2) is 35.5 Å². The van der Waals surface area contributed by atoms with Gasteiger partial charge in [0.1, 0.15) is 0 Å². The van der Waals surface area contributed by atoms with Crippen molar-refractivity contribution in [3.8, 4) is 0 Å². The molecule has 1 aromatic carbocycles. The molecule has 0 spiro atoms. The van der Waals surface area contributed by atoms with Gasteiger partial charge in [-0.15, -0.1) is 0 Å². The van der Waals surface area contributed by atoms with Crippen molar-refractivity contribution in [2.45, 2.75) is 39.5 Å². The third-order valence-electron chi connectivity index (χ3n) is 4.13. The van der Waals surface area contributed by atoms with Crippen LogP contribution < -0.4 is 0 Å². The monoisotopic (exact) mass is 296 g/mol. The summed E-state index contributed by atoms with van der Waals surface area (Å²) in [4.78, 5) is 20.6. The van der Waals surface area contributed by atoms with E-state index in [9.17, 15) is 4.79 Å². The maximum Gasteiger partial charge on any atom is 0.365 e. The highest BCUT2D eigenvalue weighted by Crippen LogP contribution is 2.28. The van der Waals surface area contributed by atoms with Gasteiger partial charge in [0.05, 0.1) is 11.3 Å². The summed E-state index contributed by atoms with van der Waals surface area (Å²) in [5, 5.41) is 4.17. The molecule has 0 saturated carbocycles. The zero-order valence-corrected chi connectivity index (χ0v) is 13.0. The smallest absolute Gasteiger partial charge is 0.362 e. The van der Waals surface area contributed by atoms with Crippen LogP contribution in [0.5, 0.6) is 0 Å². The Kier molecular flexibility index (Phi) is 4.09. The van der Waals surface area contributed by atoms with Gasteiger partial charge in [-0.3, -0.25) is 0 Å². The fraction of sp³-hybridized carbons (Fsp3) is 0.333. The standard InChI is InChI=1S/C18H20N2O2/c1-3-14-12(2)19-15-10-7-11-16(17(14)15)20-22-18(21)13-8-5-4-6-9-13/h4-6,8-9,19H,3,7,10-11H2,1-2H3. The van der Waals surface area contributed by atoms with Crippen molar-refractivity contribution in [2.75, 3.05) is 0 Å². The second kappa shape index (κ2) is 6.18. The first-order chi connectivity index (χ1) is 10.7. The first-order valence-electron chi connectivity index (χ1n) is 7.74. The average Bonchev–Trinajstić information content (AvgIpc) is 2.89. The molecule has 0 atom stereocenters. The number of carbonyl (C=O) groups excluding carboxylic acids is 1. The number of rotatable bonds is 3. The topological polar surface area (TPSA) is 54.4 Å². The number of nitrogens with zero attached hydrogens (tertiary/aromatic N) is 1. The van der Waals surface area contributed by atoms with E-state index in [1.165, 1.54) is 17.0 Å². The van der Waals surface area contributed by atoms with E-state index in [0.717, 1.165) is 37.0 Å². The molecule has 0 aliphatic heterocycles. The van der Waals surface area contributed by atoms with Crippen molar-refractivity contribution >= 4 is 11.7 Å². The van der Waals surface area contributed by atoms with E-state index >= 15 is 0 Å². The van der Waals surface area contributed by atoms with Crippen LogP contribution in [0, 0.1) is 6.92 Å². The molecule has 1 heterocycles. The lowest BCUT2D eigenvalue weighted by atomic mass is 9.92. The summed E-state index contributed by atoms with van der Waals surface area (Å²) in [5.41, 5.74) is 6.25. The largest absolute Gasteiger partial charge is 0.365 e. The number of carbonyl (C=O) groups is 1. The number of aryl methyl sites for hydroxylation is 2. The Balaban J connectivity index is 1.86. The van der Waals surface area contributed by atoms with Gasteiger partial charge < -0.3 is 9.82 Å². The minimum absolute atomic E-state index is 0.412. The number of aromatic amines is 1. The molecule has 114 valence electrons. The summed E-state index contributed by atoms with van der Waals surface area (Å²) in [7, 11) is 0. The predicted octanol–water partition coefficient (Wildman–Crippen LogP) is 3.78. The number of hydrogen-bond acceptors (Lipinski definition) is 3. The van der Waals surface area contributed by atoms with E-state index in [1.54, 1.807) is 12.1 Å². The van der Waals surface area contributed by atoms with E-state index in [0.29, 0.717) is 5.56 Å². The van der Waals surface area contributed by atoms with Gasteiger partial charge >= 0.3 is 5.97 Å². The first-order valence-corrected chi connectivity index (χ1v) is 7.74. The highest BCUT2D eigenvalue weighted by molar-refractivity contribution is 6.04. The quantitative estimate of drug-likeness (QED) is 0.692. The van der Waals surface area contributed by atoms with E-state index in [-0.39, 0.29) is 0 Å². The zero-order chi connectivity index (χ0) is 15.5. The van der Waals surface area contributed by atoms with E-state index < -0.39 is 5.97 Å². The summed E-state index contributed by atoms with van der Waals surface area (Å²) in [6.07, 6.45) is 3.85. The molecule has 3 rings (SSSR count). The van der Waals surface area contributed by atoms with Gasteiger partial charge in [0.2, 0.25) is 0 Å². The second-order valence-electron chi connectivity index (χ2n) is 5.57. The molecular weight excluding hydrogens is 276 g/mol. The molecule has 1 aliphatic carbocycles. The molecule has 0 bridgehead atoms. The van der Waals surface area contributed by atoms with E-state index in [2.05, 4.69) is 24.0 Å². The lowest BCUT2D eigenvalue weighted by Crippen LogP contribution is -2.14. The average molecular weight is 296 g/mol. The minimum Gasteiger partial charge on any atom is -0.362 e. The summed E-state index contributed by atoms with van der Waals surface area (Å²) in [5.74, 6) is -0.412. The number of H-pyrrole nitrogens is 1. The molecule has 1 aliphatic rings. The van der Waals surface area contributed by atoms with Crippen molar-refractivity contribution in [3.05, 3.63) is 58.4 Å². The summed E-state index contributed by atoms with van der Waals surface area (Å²) in [6.45, 7) is 4.23. The fourth-order valence-electron chi connectivity index (χ4n) is 3.08. The number of aromatic nitrogens is 1. The molecule has 0 saturated heterocycles. The predicted molar refractivity (Wildman–Crippen MR) is 86.2 cm³/mol. The Bertz CT molecular complexity index is 714. The molecule has 0 fully saturated rings.